The maximum Gasteiger partial charge on any atom is 0.312 e. The number of rotatable bonds is 8. The Labute approximate surface area is 175 Å². The molecular formula is C21H26ClN3O4. The molecule has 3 N–H and O–H groups in total. The molecule has 0 saturated carbocycles. The molecule has 7 nitrogen and oxygen atoms in total. The Morgan fingerprint density at radius 2 is 1.86 bits per heavy atom. The van der Waals surface area contributed by atoms with E-state index in [1.54, 1.807) is 30.3 Å². The van der Waals surface area contributed by atoms with Crippen LogP contribution in [0.1, 0.15) is 59.7 Å². The normalized spacial score (nSPS) is 11.9. The standard InChI is InChI=1S/C21H26ClN3O4/c1-12(2)25-13(3)9-16(14(25)4)19(26)11-29-20(27)10-18(24-21(23)28)15-7-5-6-8-17(15)22/h5-9,12,18H,10-11H2,1-4H3,(H3,23,24,28)/t18-/m0/s1. The molecule has 29 heavy (non-hydrogen) atoms. The number of esters is 1. The van der Waals surface area contributed by atoms with Crippen molar-refractivity contribution in [1.82, 2.24) is 9.88 Å². The number of carbonyl (C=O) groups is 3. The summed E-state index contributed by atoms with van der Waals surface area (Å²) >= 11 is 6.15. The Balaban J connectivity index is 2.06. The van der Waals surface area contributed by atoms with Gasteiger partial charge in [0.1, 0.15) is 0 Å². The Hall–Kier alpha value is -2.80. The first kappa shape index (κ1) is 22.5. The summed E-state index contributed by atoms with van der Waals surface area (Å²) in [7, 11) is 0. The SMILES string of the molecule is Cc1cc(C(=O)COC(=O)C[C@H](NC(N)=O)c2ccccc2Cl)c(C)n1C(C)C. The van der Waals surface area contributed by atoms with E-state index in [4.69, 9.17) is 22.1 Å². The second-order valence-corrected chi connectivity index (χ2v) is 7.53. The van der Waals surface area contributed by atoms with Gasteiger partial charge in [-0.1, -0.05) is 29.8 Å². The lowest BCUT2D eigenvalue weighted by atomic mass is 10.0. The first-order valence-corrected chi connectivity index (χ1v) is 9.67. The average Bonchev–Trinajstić information content (AvgIpc) is 2.93. The molecule has 2 aromatic rings. The van der Waals surface area contributed by atoms with Crippen LogP contribution in [0.4, 0.5) is 4.79 Å². The maximum atomic E-state index is 12.5. The van der Waals surface area contributed by atoms with Gasteiger partial charge >= 0.3 is 12.0 Å². The predicted molar refractivity (Wildman–Crippen MR) is 111 cm³/mol. The van der Waals surface area contributed by atoms with E-state index in [-0.39, 0.29) is 24.9 Å². The number of carbonyl (C=O) groups excluding carboxylic acids is 3. The van der Waals surface area contributed by atoms with Gasteiger partial charge in [-0.2, -0.15) is 0 Å². The van der Waals surface area contributed by atoms with Crippen LogP contribution in [0, 0.1) is 13.8 Å². The molecule has 0 unspecified atom stereocenters. The Morgan fingerprint density at radius 3 is 2.41 bits per heavy atom. The van der Waals surface area contributed by atoms with Crippen molar-refractivity contribution in [3.05, 3.63) is 57.9 Å². The van der Waals surface area contributed by atoms with E-state index in [2.05, 4.69) is 9.88 Å². The van der Waals surface area contributed by atoms with E-state index < -0.39 is 18.0 Å². The van der Waals surface area contributed by atoms with Gasteiger partial charge in [-0.15, -0.1) is 0 Å². The van der Waals surface area contributed by atoms with Crippen LogP contribution in [0.3, 0.4) is 0 Å². The number of halogens is 1. The summed E-state index contributed by atoms with van der Waals surface area (Å²) in [5.74, 6) is -0.926. The number of hydrogen-bond acceptors (Lipinski definition) is 4. The number of nitrogens with zero attached hydrogens (tertiary/aromatic N) is 1. The predicted octanol–water partition coefficient (Wildman–Crippen LogP) is 3.86. The van der Waals surface area contributed by atoms with Gasteiger partial charge in [0.25, 0.3) is 0 Å². The average molecular weight is 420 g/mol. The molecule has 0 bridgehead atoms. The van der Waals surface area contributed by atoms with E-state index in [1.807, 2.05) is 27.7 Å². The Bertz CT molecular complexity index is 921. The highest BCUT2D eigenvalue weighted by Gasteiger charge is 2.22. The van der Waals surface area contributed by atoms with Gasteiger partial charge in [-0.05, 0) is 45.4 Å². The number of aromatic nitrogens is 1. The van der Waals surface area contributed by atoms with Crippen molar-refractivity contribution in [1.29, 1.82) is 0 Å². The van der Waals surface area contributed by atoms with Crippen LogP contribution in [0.5, 0.6) is 0 Å². The summed E-state index contributed by atoms with van der Waals surface area (Å²) in [5.41, 5.74) is 8.08. The molecule has 156 valence electrons. The summed E-state index contributed by atoms with van der Waals surface area (Å²) in [6.07, 6.45) is -0.203. The third-order valence-electron chi connectivity index (χ3n) is 4.63. The number of Topliss-reactive ketones (excluding diaryl/α,β-unsaturated/α-hetero) is 1. The van der Waals surface area contributed by atoms with Gasteiger partial charge in [-0.3, -0.25) is 9.59 Å². The molecule has 1 atom stereocenters. The molecule has 8 heteroatoms. The van der Waals surface area contributed by atoms with Crippen LogP contribution in [0.2, 0.25) is 5.02 Å². The monoisotopic (exact) mass is 419 g/mol. The largest absolute Gasteiger partial charge is 0.457 e. The van der Waals surface area contributed by atoms with Crippen molar-refractivity contribution in [2.75, 3.05) is 6.61 Å². The lowest BCUT2D eigenvalue weighted by Crippen LogP contribution is -2.35. The highest BCUT2D eigenvalue weighted by Crippen LogP contribution is 2.25. The number of hydrogen-bond donors (Lipinski definition) is 2. The van der Waals surface area contributed by atoms with E-state index in [1.165, 1.54) is 0 Å². The van der Waals surface area contributed by atoms with Gasteiger partial charge in [0.05, 0.1) is 12.5 Å². The number of aryl methyl sites for hydroxylation is 1. The zero-order chi connectivity index (χ0) is 21.7. The van der Waals surface area contributed by atoms with Crippen LogP contribution in [0.15, 0.2) is 30.3 Å². The summed E-state index contributed by atoms with van der Waals surface area (Å²) in [5, 5.41) is 2.87. The van der Waals surface area contributed by atoms with E-state index in [0.29, 0.717) is 16.1 Å². The molecule has 0 fully saturated rings. The second-order valence-electron chi connectivity index (χ2n) is 7.12. The second kappa shape index (κ2) is 9.60. The van der Waals surface area contributed by atoms with Crippen LogP contribution < -0.4 is 11.1 Å². The number of amides is 2. The van der Waals surface area contributed by atoms with Gasteiger partial charge in [0.15, 0.2) is 6.61 Å². The molecule has 0 spiro atoms. The first-order valence-electron chi connectivity index (χ1n) is 9.29. The van der Waals surface area contributed by atoms with E-state index in [9.17, 15) is 14.4 Å². The minimum atomic E-state index is -0.792. The number of ether oxygens (including phenoxy) is 1. The fourth-order valence-corrected chi connectivity index (χ4v) is 3.74. The summed E-state index contributed by atoms with van der Waals surface area (Å²) in [6, 6.07) is 7.26. The smallest absolute Gasteiger partial charge is 0.312 e. The molecule has 2 amide bonds. The van der Waals surface area contributed by atoms with Crippen molar-refractivity contribution < 1.29 is 19.1 Å². The molecule has 0 aliphatic heterocycles. The molecule has 0 radical (unpaired) electrons. The van der Waals surface area contributed by atoms with Crippen molar-refractivity contribution in [3.63, 3.8) is 0 Å². The molecular weight excluding hydrogens is 394 g/mol. The van der Waals surface area contributed by atoms with E-state index in [0.717, 1.165) is 11.4 Å². The number of urea groups is 1. The zero-order valence-corrected chi connectivity index (χ0v) is 17.7. The third-order valence-corrected chi connectivity index (χ3v) is 4.98. The van der Waals surface area contributed by atoms with Crippen molar-refractivity contribution >= 4 is 29.4 Å². The summed E-state index contributed by atoms with van der Waals surface area (Å²) in [6.45, 7) is 7.49. The molecule has 1 aromatic heterocycles. The lowest BCUT2D eigenvalue weighted by Gasteiger charge is -2.18. The zero-order valence-electron chi connectivity index (χ0n) is 17.0. The van der Waals surface area contributed by atoms with Gasteiger partial charge < -0.3 is 20.4 Å². The number of ketones is 1. The molecule has 0 aliphatic carbocycles. The highest BCUT2D eigenvalue weighted by atomic mass is 35.5. The third kappa shape index (κ3) is 5.60. The Morgan fingerprint density at radius 1 is 1.21 bits per heavy atom. The maximum absolute atomic E-state index is 12.5. The van der Waals surface area contributed by atoms with Crippen molar-refractivity contribution in [2.24, 2.45) is 5.73 Å². The van der Waals surface area contributed by atoms with Gasteiger partial charge in [0, 0.05) is 28.0 Å². The topological polar surface area (TPSA) is 103 Å². The molecule has 0 aliphatic rings. The Kier molecular flexibility index (Phi) is 7.45. The van der Waals surface area contributed by atoms with Crippen molar-refractivity contribution in [3.8, 4) is 0 Å². The number of benzene rings is 1. The summed E-state index contributed by atoms with van der Waals surface area (Å²) in [4.78, 5) is 36.2. The number of primary amides is 1. The molecule has 1 aromatic carbocycles. The van der Waals surface area contributed by atoms with Gasteiger partial charge in [0.2, 0.25) is 5.78 Å². The van der Waals surface area contributed by atoms with Gasteiger partial charge in [-0.25, -0.2) is 4.79 Å². The van der Waals surface area contributed by atoms with Crippen LogP contribution in [-0.2, 0) is 9.53 Å². The van der Waals surface area contributed by atoms with E-state index >= 15 is 0 Å². The fourth-order valence-electron chi connectivity index (χ4n) is 3.47. The quantitative estimate of drug-likeness (QED) is 0.500. The fraction of sp³-hybridized carbons (Fsp3) is 0.381. The minimum absolute atomic E-state index is 0.203. The number of nitrogens with one attached hydrogen (secondary N) is 1. The minimum Gasteiger partial charge on any atom is -0.457 e. The van der Waals surface area contributed by atoms with Crippen LogP contribution >= 0.6 is 11.6 Å². The molecule has 0 saturated heterocycles. The van der Waals surface area contributed by atoms with Crippen molar-refractivity contribution in [2.45, 2.75) is 46.2 Å². The number of nitrogens with two attached hydrogens (primary N) is 1. The molecule has 1 heterocycles. The first-order chi connectivity index (χ1) is 13.6. The molecule has 2 rings (SSSR count). The van der Waals surface area contributed by atoms with Crippen LogP contribution in [0.25, 0.3) is 0 Å². The highest BCUT2D eigenvalue weighted by molar-refractivity contribution is 6.31. The lowest BCUT2D eigenvalue weighted by molar-refractivity contribution is -0.143. The van der Waals surface area contributed by atoms with Crippen LogP contribution in [-0.4, -0.2) is 29.0 Å². The summed E-state index contributed by atoms with van der Waals surface area (Å²) < 4.78 is 7.22.